The molecule has 1 aromatic heterocycles. The SMILES string of the molecule is COc1cccc(C2C(=O)NCCCN2CCN(C)c2ccc(-c3cn[nH]c3)cc2)c1. The van der Waals surface area contributed by atoms with Crippen molar-refractivity contribution in [3.63, 3.8) is 0 Å². The minimum atomic E-state index is -0.311. The molecule has 1 aliphatic rings. The normalized spacial score (nSPS) is 17.1. The summed E-state index contributed by atoms with van der Waals surface area (Å²) in [5.74, 6) is 0.821. The van der Waals surface area contributed by atoms with E-state index in [1.54, 1.807) is 7.11 Å². The van der Waals surface area contributed by atoms with Crippen molar-refractivity contribution in [2.75, 3.05) is 45.2 Å². The number of nitrogens with zero attached hydrogens (tertiary/aromatic N) is 3. The molecule has 2 heterocycles. The first-order valence-corrected chi connectivity index (χ1v) is 10.6. The number of methoxy groups -OCH3 is 1. The van der Waals surface area contributed by atoms with Crippen molar-refractivity contribution in [1.29, 1.82) is 0 Å². The number of carbonyl (C=O) groups excluding carboxylic acids is 1. The summed E-state index contributed by atoms with van der Waals surface area (Å²) in [6.07, 6.45) is 4.65. The fourth-order valence-corrected chi connectivity index (χ4v) is 4.02. The smallest absolute Gasteiger partial charge is 0.241 e. The van der Waals surface area contributed by atoms with Crippen LogP contribution in [0.15, 0.2) is 60.9 Å². The number of aromatic amines is 1. The predicted octanol–water partition coefficient (Wildman–Crippen LogP) is 3.08. The van der Waals surface area contributed by atoms with Gasteiger partial charge >= 0.3 is 0 Å². The van der Waals surface area contributed by atoms with Gasteiger partial charge in [0.05, 0.1) is 13.3 Å². The molecule has 2 N–H and O–H groups in total. The number of amides is 1. The Bertz CT molecular complexity index is 987. The van der Waals surface area contributed by atoms with Crippen molar-refractivity contribution in [2.45, 2.75) is 12.5 Å². The van der Waals surface area contributed by atoms with Gasteiger partial charge < -0.3 is 15.0 Å². The zero-order valence-corrected chi connectivity index (χ0v) is 18.0. The molecule has 1 saturated heterocycles. The third-order valence-electron chi connectivity index (χ3n) is 5.81. The summed E-state index contributed by atoms with van der Waals surface area (Å²) in [5.41, 5.74) is 4.31. The third-order valence-corrected chi connectivity index (χ3v) is 5.81. The van der Waals surface area contributed by atoms with Crippen molar-refractivity contribution in [3.05, 3.63) is 66.5 Å². The maximum atomic E-state index is 12.9. The molecule has 0 aliphatic carbocycles. The lowest BCUT2D eigenvalue weighted by atomic mass is 10.0. The average molecular weight is 420 g/mol. The number of likely N-dealkylation sites (N-methyl/N-ethyl adjacent to an activating group) is 1. The van der Waals surface area contributed by atoms with Gasteiger partial charge in [-0.15, -0.1) is 0 Å². The van der Waals surface area contributed by atoms with Gasteiger partial charge in [-0.2, -0.15) is 5.10 Å². The second kappa shape index (κ2) is 9.66. The number of anilines is 1. The second-order valence-electron chi connectivity index (χ2n) is 7.82. The molecule has 1 unspecified atom stereocenters. The number of hydrogen-bond donors (Lipinski definition) is 2. The monoisotopic (exact) mass is 419 g/mol. The molecule has 1 amide bonds. The van der Waals surface area contributed by atoms with Crippen LogP contribution >= 0.6 is 0 Å². The molecule has 0 spiro atoms. The molecule has 0 saturated carbocycles. The average Bonchev–Trinajstić information content (AvgIpc) is 3.28. The molecule has 31 heavy (non-hydrogen) atoms. The minimum Gasteiger partial charge on any atom is -0.497 e. The summed E-state index contributed by atoms with van der Waals surface area (Å²) in [5, 5.41) is 9.92. The fourth-order valence-electron chi connectivity index (χ4n) is 4.02. The van der Waals surface area contributed by atoms with Crippen molar-refractivity contribution < 1.29 is 9.53 Å². The maximum absolute atomic E-state index is 12.9. The van der Waals surface area contributed by atoms with Crippen LogP contribution in [0.1, 0.15) is 18.0 Å². The van der Waals surface area contributed by atoms with Crippen LogP contribution in [0.25, 0.3) is 11.1 Å². The summed E-state index contributed by atoms with van der Waals surface area (Å²) < 4.78 is 5.38. The van der Waals surface area contributed by atoms with Crippen molar-refractivity contribution in [3.8, 4) is 16.9 Å². The number of rotatable bonds is 7. The number of benzene rings is 2. The van der Waals surface area contributed by atoms with Crippen LogP contribution in [0.4, 0.5) is 5.69 Å². The highest BCUT2D eigenvalue weighted by molar-refractivity contribution is 5.83. The first-order valence-electron chi connectivity index (χ1n) is 10.6. The number of nitrogens with one attached hydrogen (secondary N) is 2. The zero-order valence-electron chi connectivity index (χ0n) is 18.0. The number of hydrogen-bond acceptors (Lipinski definition) is 5. The summed E-state index contributed by atoms with van der Waals surface area (Å²) in [4.78, 5) is 17.4. The van der Waals surface area contributed by atoms with E-state index in [1.165, 1.54) is 0 Å². The van der Waals surface area contributed by atoms with Gasteiger partial charge in [-0.05, 0) is 41.8 Å². The fraction of sp³-hybridized carbons (Fsp3) is 0.333. The van der Waals surface area contributed by atoms with Crippen molar-refractivity contribution in [2.24, 2.45) is 0 Å². The van der Waals surface area contributed by atoms with Crippen LogP contribution in [0.3, 0.4) is 0 Å². The highest BCUT2D eigenvalue weighted by Gasteiger charge is 2.29. The largest absolute Gasteiger partial charge is 0.497 e. The van der Waals surface area contributed by atoms with Crippen LogP contribution in [0.5, 0.6) is 5.75 Å². The van der Waals surface area contributed by atoms with Gasteiger partial charge in [0.25, 0.3) is 0 Å². The Morgan fingerprint density at radius 2 is 2.03 bits per heavy atom. The first kappa shape index (κ1) is 20.9. The van der Waals surface area contributed by atoms with Crippen LogP contribution in [0, 0.1) is 0 Å². The van der Waals surface area contributed by atoms with E-state index in [9.17, 15) is 4.79 Å². The molecule has 1 atom stereocenters. The van der Waals surface area contributed by atoms with Gasteiger partial charge in [-0.1, -0.05) is 24.3 Å². The highest BCUT2D eigenvalue weighted by Crippen LogP contribution is 2.27. The van der Waals surface area contributed by atoms with Crippen LogP contribution < -0.4 is 15.0 Å². The summed E-state index contributed by atoms with van der Waals surface area (Å²) in [6, 6.07) is 16.0. The van der Waals surface area contributed by atoms with E-state index in [4.69, 9.17) is 4.74 Å². The van der Waals surface area contributed by atoms with E-state index in [0.29, 0.717) is 6.54 Å². The molecule has 7 nitrogen and oxygen atoms in total. The Hall–Kier alpha value is -3.32. The second-order valence-corrected chi connectivity index (χ2v) is 7.82. The van der Waals surface area contributed by atoms with Gasteiger partial charge in [-0.25, -0.2) is 0 Å². The van der Waals surface area contributed by atoms with Gasteiger partial charge in [-0.3, -0.25) is 14.8 Å². The molecule has 162 valence electrons. The van der Waals surface area contributed by atoms with Crippen molar-refractivity contribution >= 4 is 11.6 Å². The maximum Gasteiger partial charge on any atom is 0.241 e. The van der Waals surface area contributed by atoms with E-state index in [2.05, 4.69) is 56.6 Å². The zero-order chi connectivity index (χ0) is 21.6. The van der Waals surface area contributed by atoms with E-state index in [0.717, 1.165) is 54.2 Å². The minimum absolute atomic E-state index is 0.0536. The molecule has 7 heteroatoms. The Morgan fingerprint density at radius 1 is 1.19 bits per heavy atom. The van der Waals surface area contributed by atoms with Gasteiger partial charge in [0.15, 0.2) is 0 Å². The summed E-state index contributed by atoms with van der Waals surface area (Å²) in [7, 11) is 3.74. The Morgan fingerprint density at radius 3 is 2.77 bits per heavy atom. The van der Waals surface area contributed by atoms with E-state index < -0.39 is 0 Å². The van der Waals surface area contributed by atoms with E-state index in [-0.39, 0.29) is 11.9 Å². The summed E-state index contributed by atoms with van der Waals surface area (Å²) >= 11 is 0. The van der Waals surface area contributed by atoms with Gasteiger partial charge in [0.1, 0.15) is 11.8 Å². The number of H-pyrrole nitrogens is 1. The van der Waals surface area contributed by atoms with Gasteiger partial charge in [0.2, 0.25) is 5.91 Å². The van der Waals surface area contributed by atoms with Gasteiger partial charge in [0, 0.05) is 50.7 Å². The molecular weight excluding hydrogens is 390 g/mol. The lowest BCUT2D eigenvalue weighted by Crippen LogP contribution is -2.41. The molecule has 0 radical (unpaired) electrons. The summed E-state index contributed by atoms with van der Waals surface area (Å²) in [6.45, 7) is 3.18. The Labute approximate surface area is 183 Å². The van der Waals surface area contributed by atoms with Crippen LogP contribution in [0.2, 0.25) is 0 Å². The number of aromatic nitrogens is 2. The lowest BCUT2D eigenvalue weighted by Gasteiger charge is -2.31. The van der Waals surface area contributed by atoms with E-state index >= 15 is 0 Å². The van der Waals surface area contributed by atoms with E-state index in [1.807, 2.05) is 36.7 Å². The molecule has 1 fully saturated rings. The molecule has 0 bridgehead atoms. The standard InChI is InChI=1S/C24H29N5O2/c1-28(21-9-7-18(8-10-21)20-16-26-27-17-20)13-14-29-12-4-11-25-24(30)23(29)19-5-3-6-22(15-19)31-2/h3,5-10,15-17,23H,4,11-14H2,1-2H3,(H,25,30)(H,26,27). The molecule has 3 aromatic rings. The molecule has 4 rings (SSSR count). The first-order chi connectivity index (χ1) is 15.2. The Kier molecular flexibility index (Phi) is 6.52. The predicted molar refractivity (Wildman–Crippen MR) is 122 cm³/mol. The Balaban J connectivity index is 1.46. The number of ether oxygens (including phenoxy) is 1. The van der Waals surface area contributed by atoms with Crippen molar-refractivity contribution in [1.82, 2.24) is 20.4 Å². The lowest BCUT2D eigenvalue weighted by molar-refractivity contribution is -0.125. The number of carbonyl (C=O) groups is 1. The molecular formula is C24H29N5O2. The molecule has 2 aromatic carbocycles. The highest BCUT2D eigenvalue weighted by atomic mass is 16.5. The third kappa shape index (κ3) is 4.88. The van der Waals surface area contributed by atoms with Crippen LogP contribution in [-0.2, 0) is 4.79 Å². The van der Waals surface area contributed by atoms with Crippen LogP contribution in [-0.4, -0.2) is 61.3 Å². The topological polar surface area (TPSA) is 73.5 Å². The molecule has 1 aliphatic heterocycles. The quantitative estimate of drug-likeness (QED) is 0.616.